The van der Waals surface area contributed by atoms with E-state index in [9.17, 15) is 29.7 Å². The summed E-state index contributed by atoms with van der Waals surface area (Å²) in [5.74, 6) is -4.30. The highest BCUT2D eigenvalue weighted by molar-refractivity contribution is 5.79. The lowest BCUT2D eigenvalue weighted by Gasteiger charge is -2.50. The van der Waals surface area contributed by atoms with Crippen molar-refractivity contribution < 1.29 is 67.6 Å². The van der Waals surface area contributed by atoms with Gasteiger partial charge in [0.25, 0.3) is 0 Å². The van der Waals surface area contributed by atoms with Crippen LogP contribution in [-0.2, 0) is 58.7 Å². The number of nitrogens with zero attached hydrogens (tertiary/aromatic N) is 1. The van der Waals surface area contributed by atoms with Crippen LogP contribution in [0.3, 0.4) is 0 Å². The Kier molecular flexibility index (Phi) is 18.7. The molecule has 3 saturated heterocycles. The minimum atomic E-state index is -2.03. The number of esters is 2. The number of benzene rings is 1. The first-order valence-corrected chi connectivity index (χ1v) is 24.4. The Hall–Kier alpha value is -2.97. The number of amides is 1. The average molecular weight is 950 g/mol. The molecule has 4 aliphatic rings. The van der Waals surface area contributed by atoms with Gasteiger partial charge in [-0.15, -0.1) is 0 Å². The molecule has 0 bridgehead atoms. The van der Waals surface area contributed by atoms with Gasteiger partial charge < -0.3 is 68.7 Å². The average Bonchev–Trinajstić information content (AvgIpc) is 3.28. The highest BCUT2D eigenvalue weighted by atomic mass is 16.7. The second-order valence-electron chi connectivity index (χ2n) is 20.9. The maximum Gasteiger partial charge on any atom is 0.311 e. The Morgan fingerprint density at radius 2 is 1.57 bits per heavy atom. The molecule has 17 heteroatoms. The number of methoxy groups -OCH3 is 2. The van der Waals surface area contributed by atoms with Crippen LogP contribution in [0.2, 0.25) is 0 Å². The SMILES string of the molecule is CC[C@@H]1OC(=O)[C@H](C)[C@H](O[C@H]2C[C@@](C)(OC)[C@@H](OC(=O)CCC3CNc4ccccc4C3)[C@H](C)O2)[C@H](C)[C@@H](O[C@@H]2O[C@H](C)C[C@H](N(C)C)[C@H]2O)[C@@](C)(OC)C[C@@H](C)NC(=O)[C@@H](C)[C@@H](O)[C@]1(C)O. The van der Waals surface area contributed by atoms with E-state index < -0.39 is 108 Å². The topological polar surface area (TPSA) is 213 Å². The van der Waals surface area contributed by atoms with E-state index in [1.807, 2.05) is 58.8 Å². The lowest BCUT2D eigenvalue weighted by Crippen LogP contribution is -2.61. The predicted octanol–water partition coefficient (Wildman–Crippen LogP) is 4.35. The Balaban J connectivity index is 1.48. The second kappa shape index (κ2) is 22.8. The fourth-order valence-corrected chi connectivity index (χ4v) is 10.9. The van der Waals surface area contributed by atoms with E-state index in [1.165, 1.54) is 26.5 Å². The minimum absolute atomic E-state index is 0.0963. The third-order valence-electron chi connectivity index (χ3n) is 15.2. The number of fused-ring (bicyclic) bond motifs is 1. The molecule has 0 spiro atoms. The van der Waals surface area contributed by atoms with Gasteiger partial charge in [-0.1, -0.05) is 39.0 Å². The lowest BCUT2D eigenvalue weighted by molar-refractivity contribution is -0.320. The molecular formula is C50H83N3O14. The van der Waals surface area contributed by atoms with Crippen LogP contribution in [-0.4, -0.2) is 163 Å². The number of aliphatic hydroxyl groups is 3. The van der Waals surface area contributed by atoms with Crippen molar-refractivity contribution in [2.24, 2.45) is 23.7 Å². The molecule has 5 N–H and O–H groups in total. The summed E-state index contributed by atoms with van der Waals surface area (Å²) in [5.41, 5.74) is -2.01. The monoisotopic (exact) mass is 950 g/mol. The van der Waals surface area contributed by atoms with Crippen molar-refractivity contribution in [2.75, 3.05) is 40.2 Å². The number of hydrogen-bond acceptors (Lipinski definition) is 16. The van der Waals surface area contributed by atoms with Crippen LogP contribution in [0.15, 0.2) is 24.3 Å². The molecule has 3 fully saturated rings. The van der Waals surface area contributed by atoms with Gasteiger partial charge in [-0.3, -0.25) is 14.4 Å². The zero-order chi connectivity index (χ0) is 49.8. The van der Waals surface area contributed by atoms with Crippen LogP contribution in [0, 0.1) is 23.7 Å². The van der Waals surface area contributed by atoms with Gasteiger partial charge in [0.05, 0.1) is 48.0 Å². The molecule has 382 valence electrons. The van der Waals surface area contributed by atoms with Crippen molar-refractivity contribution in [3.63, 3.8) is 0 Å². The molecule has 0 saturated carbocycles. The molecular weight excluding hydrogens is 867 g/mol. The number of carbonyl (C=O) groups is 3. The zero-order valence-corrected chi connectivity index (χ0v) is 42.5. The Morgan fingerprint density at radius 3 is 2.21 bits per heavy atom. The maximum absolute atomic E-state index is 14.6. The number of hydrogen-bond donors (Lipinski definition) is 5. The van der Waals surface area contributed by atoms with Crippen LogP contribution in [0.4, 0.5) is 5.69 Å². The third kappa shape index (κ3) is 12.7. The third-order valence-corrected chi connectivity index (χ3v) is 15.2. The number of likely N-dealkylation sites (N-methyl/N-ethyl adjacent to an activating group) is 1. The molecule has 5 rings (SSSR count). The second-order valence-corrected chi connectivity index (χ2v) is 20.9. The van der Waals surface area contributed by atoms with Gasteiger partial charge in [0.2, 0.25) is 5.91 Å². The molecule has 1 aromatic carbocycles. The first-order valence-electron chi connectivity index (χ1n) is 24.4. The van der Waals surface area contributed by atoms with Gasteiger partial charge in [0, 0.05) is 57.3 Å². The van der Waals surface area contributed by atoms with Gasteiger partial charge in [0.1, 0.15) is 23.4 Å². The van der Waals surface area contributed by atoms with Gasteiger partial charge in [-0.2, -0.15) is 0 Å². The molecule has 1 amide bonds. The molecule has 4 heterocycles. The van der Waals surface area contributed by atoms with Crippen molar-refractivity contribution in [1.82, 2.24) is 10.2 Å². The number of ether oxygens (including phenoxy) is 8. The number of cyclic esters (lactones) is 1. The number of aliphatic hydroxyl groups excluding tert-OH is 2. The summed E-state index contributed by atoms with van der Waals surface area (Å²) < 4.78 is 51.5. The fourth-order valence-electron chi connectivity index (χ4n) is 10.9. The van der Waals surface area contributed by atoms with E-state index in [2.05, 4.69) is 22.8 Å². The molecule has 1 aromatic rings. The number of nitrogens with one attached hydrogen (secondary N) is 2. The van der Waals surface area contributed by atoms with Gasteiger partial charge >= 0.3 is 11.9 Å². The van der Waals surface area contributed by atoms with Gasteiger partial charge in [-0.25, -0.2) is 0 Å². The molecule has 67 heavy (non-hydrogen) atoms. The normalized spacial score (nSPS) is 42.6. The molecule has 0 radical (unpaired) electrons. The summed E-state index contributed by atoms with van der Waals surface area (Å²) in [4.78, 5) is 43.7. The minimum Gasteiger partial charge on any atom is -0.459 e. The van der Waals surface area contributed by atoms with E-state index in [0.29, 0.717) is 12.8 Å². The van der Waals surface area contributed by atoms with Crippen molar-refractivity contribution >= 4 is 23.5 Å². The van der Waals surface area contributed by atoms with E-state index in [0.717, 1.165) is 18.7 Å². The molecule has 1 unspecified atom stereocenters. The van der Waals surface area contributed by atoms with Gasteiger partial charge in [-0.05, 0) is 112 Å². The van der Waals surface area contributed by atoms with Crippen molar-refractivity contribution in [3.05, 3.63) is 29.8 Å². The Morgan fingerprint density at radius 1 is 0.910 bits per heavy atom. The number of rotatable bonds is 12. The van der Waals surface area contributed by atoms with E-state index in [-0.39, 0.29) is 49.7 Å². The highest BCUT2D eigenvalue weighted by Crippen LogP contribution is 2.41. The standard InChI is InChI=1S/C50H83N3O14/c1-15-37-50(10,59)42(56)31(6)45(57)52-27(2)24-48(8,60-13)43(67-47-40(55)36(53(11)12)22-28(3)62-47)29(4)41(30(5)46(58)64-37)66-39-25-49(9,61-14)44(32(7)63-39)65-38(54)21-20-33-23-34-18-16-17-19-35(34)51-26-33/h16-19,27-33,36-37,39-44,47,51,55-56,59H,15,20-26H2,1-14H3,(H,52,57)/t27-,28-,29+,30-,31+,32+,33?,36+,37+,39+,40-,41-,42-,43-,44+,47+,48+,49-,50-/m1/s1. The predicted molar refractivity (Wildman–Crippen MR) is 250 cm³/mol. The molecule has 0 aliphatic carbocycles. The first kappa shape index (κ1) is 55.0. The maximum atomic E-state index is 14.6. The van der Waals surface area contributed by atoms with Crippen molar-refractivity contribution in [1.29, 1.82) is 0 Å². The zero-order valence-electron chi connectivity index (χ0n) is 42.5. The molecule has 17 nitrogen and oxygen atoms in total. The van der Waals surface area contributed by atoms with E-state index >= 15 is 0 Å². The largest absolute Gasteiger partial charge is 0.459 e. The van der Waals surface area contributed by atoms with Crippen LogP contribution in [0.5, 0.6) is 0 Å². The molecule has 0 aromatic heterocycles. The number of carbonyl (C=O) groups excluding carboxylic acids is 3. The quantitative estimate of drug-likeness (QED) is 0.184. The van der Waals surface area contributed by atoms with Crippen molar-refractivity contribution in [3.8, 4) is 0 Å². The highest BCUT2D eigenvalue weighted by Gasteiger charge is 2.54. The van der Waals surface area contributed by atoms with E-state index in [1.54, 1.807) is 34.8 Å². The summed E-state index contributed by atoms with van der Waals surface area (Å²) in [6, 6.07) is 7.32. The summed E-state index contributed by atoms with van der Waals surface area (Å²) in [6.07, 6.45) is -7.25. The van der Waals surface area contributed by atoms with Crippen LogP contribution in [0.25, 0.3) is 0 Å². The lowest BCUT2D eigenvalue weighted by atomic mass is 9.78. The fraction of sp³-hybridized carbons (Fsp3) is 0.820. The van der Waals surface area contributed by atoms with Crippen molar-refractivity contribution in [2.45, 2.75) is 204 Å². The molecule has 19 atom stereocenters. The van der Waals surface area contributed by atoms with Crippen LogP contribution in [0.1, 0.15) is 113 Å². The smallest absolute Gasteiger partial charge is 0.311 e. The van der Waals surface area contributed by atoms with Crippen LogP contribution >= 0.6 is 0 Å². The summed E-state index contributed by atoms with van der Waals surface area (Å²) >= 11 is 0. The van der Waals surface area contributed by atoms with Crippen LogP contribution < -0.4 is 10.6 Å². The van der Waals surface area contributed by atoms with Gasteiger partial charge in [0.15, 0.2) is 18.7 Å². The number of anilines is 1. The summed E-state index contributed by atoms with van der Waals surface area (Å²) in [6.45, 7) is 18.0. The summed E-state index contributed by atoms with van der Waals surface area (Å²) in [7, 11) is 6.84. The molecule has 4 aliphatic heterocycles. The summed E-state index contributed by atoms with van der Waals surface area (Å²) in [5, 5.41) is 41.5. The Labute approximate surface area is 398 Å². The first-order chi connectivity index (χ1) is 31.4. The Bertz CT molecular complexity index is 1800. The van der Waals surface area contributed by atoms with E-state index in [4.69, 9.17) is 37.9 Å². The number of para-hydroxylation sites is 1.